The molecule has 50 heavy (non-hydrogen) atoms. The normalized spacial score (nSPS) is 25.2. The Hall–Kier alpha value is -4.53. The average Bonchev–Trinajstić information content (AvgIpc) is 3.33. The first-order valence-electron chi connectivity index (χ1n) is 16.7. The first kappa shape index (κ1) is 36.7. The predicted molar refractivity (Wildman–Crippen MR) is 168 cm³/mol. The molecule has 19 heteroatoms. The van der Waals surface area contributed by atoms with Crippen LogP contribution in [0.2, 0.25) is 0 Å². The average molecular weight is 713 g/mol. The Labute approximate surface area is 289 Å². The van der Waals surface area contributed by atoms with E-state index >= 15 is 0 Å². The summed E-state index contributed by atoms with van der Waals surface area (Å²) in [4.78, 5) is 87.0. The number of hydrogen-bond donors (Lipinski definition) is 8. The van der Waals surface area contributed by atoms with Gasteiger partial charge in [-0.2, -0.15) is 0 Å². The lowest BCUT2D eigenvalue weighted by atomic mass is 9.99. The topological polar surface area (TPSA) is 279 Å². The molecule has 2 heterocycles. The van der Waals surface area contributed by atoms with Gasteiger partial charge in [-0.25, -0.2) is 0 Å². The maximum Gasteiger partial charge on any atom is 0.293 e. The van der Waals surface area contributed by atoms with Crippen LogP contribution < -0.4 is 21.3 Å². The summed E-state index contributed by atoms with van der Waals surface area (Å²) in [6.07, 6.45) is -11.4. The van der Waals surface area contributed by atoms with Crippen LogP contribution in [-0.4, -0.2) is 136 Å². The lowest BCUT2D eigenvalue weighted by molar-refractivity contribution is -0.301. The highest BCUT2D eigenvalue weighted by Crippen LogP contribution is 2.22. The second-order valence-electron chi connectivity index (χ2n) is 11.8. The zero-order valence-corrected chi connectivity index (χ0v) is 27.3. The number of nitrogens with one attached hydrogen (secondary N) is 4. The highest BCUT2D eigenvalue weighted by molar-refractivity contribution is 6.04. The molecule has 0 aliphatic carbocycles. The molecule has 6 amide bonds. The van der Waals surface area contributed by atoms with Crippen LogP contribution >= 0.6 is 0 Å². The van der Waals surface area contributed by atoms with Crippen LogP contribution in [0.3, 0.4) is 0 Å². The van der Waals surface area contributed by atoms with Gasteiger partial charge in [0.2, 0.25) is 35.4 Å². The number of hydrogen-bond acceptors (Lipinski definition) is 14. The van der Waals surface area contributed by atoms with Gasteiger partial charge in [0, 0.05) is 32.8 Å². The molecule has 1 unspecified atom stereocenters. The van der Waals surface area contributed by atoms with Crippen molar-refractivity contribution in [3.8, 4) is 0 Å². The minimum absolute atomic E-state index is 0.190. The molecule has 2 aliphatic rings. The summed E-state index contributed by atoms with van der Waals surface area (Å²) in [7, 11) is 0. The van der Waals surface area contributed by atoms with Crippen LogP contribution in [0.15, 0.2) is 24.3 Å². The summed E-state index contributed by atoms with van der Waals surface area (Å²) >= 11 is 0. The monoisotopic (exact) mass is 712 g/mol. The molecule has 8 N–H and O–H groups in total. The maximum atomic E-state index is 13.5. The van der Waals surface area contributed by atoms with Crippen LogP contribution in [0.4, 0.5) is 5.69 Å². The second kappa shape index (κ2) is 19.0. The summed E-state index contributed by atoms with van der Waals surface area (Å²) in [6.45, 7) is 0.776. The Balaban J connectivity index is 1.65. The van der Waals surface area contributed by atoms with Gasteiger partial charge in [-0.15, -0.1) is 0 Å². The molecular formula is C31H43N5O14. The van der Waals surface area contributed by atoms with Crippen molar-refractivity contribution in [2.45, 2.75) is 82.5 Å². The Morgan fingerprint density at radius 3 is 2.36 bits per heavy atom. The fraction of sp³-hybridized carbons (Fsp3) is 0.581. The SMILES string of the molecule is [2H]C(=O)OCc1ccc(NC(=O)[C@H](CO[C@@H]2O[C@H](CO)[C@@H](O)[C@H](O)[C@H]2O)NC(=O)[C@@H](NC(=O)CCNC(=O)CN2C(=O)CC([3H])C2=O)C(C)C)cc1. The number of likely N-dealkylation sites (tertiary alicyclic amines) is 1. The quantitative estimate of drug-likeness (QED) is 0.0573. The third-order valence-electron chi connectivity index (χ3n) is 7.69. The standard InChI is InChI=1S/C31H43N5O14/c1-16(2)25(35-21(39)9-10-32-22(40)11-36-23(41)7-8-24(36)42)30(47)34-19(14-49-31-28(45)27(44)26(43)20(12-37)50-31)29(46)33-18-5-3-17(4-6-18)13-48-15-38/h3-6,15-16,19-20,25-28,31,37,43-45H,7-14H2,1-2H3,(H,32,40)(H,33,46)(H,34,47)(H,35,39)/t19-,20+,25-,26+,27-,28+,31+/m0/s1/i7T,15D/t7?,19-,20+,25-,26+,27-,28+,31+. The van der Waals surface area contributed by atoms with Crippen molar-refractivity contribution in [3.63, 3.8) is 0 Å². The second-order valence-corrected chi connectivity index (χ2v) is 11.8. The van der Waals surface area contributed by atoms with Crippen LogP contribution in [0.5, 0.6) is 0 Å². The number of rotatable bonds is 17. The highest BCUT2D eigenvalue weighted by atomic mass is 16.7. The zero-order chi connectivity index (χ0) is 38.7. The maximum absolute atomic E-state index is 13.5. The minimum Gasteiger partial charge on any atom is -0.463 e. The number of amides is 6. The molecule has 19 nitrogen and oxygen atoms in total. The van der Waals surface area contributed by atoms with Crippen molar-refractivity contribution in [3.05, 3.63) is 29.8 Å². The molecule has 0 saturated carbocycles. The van der Waals surface area contributed by atoms with Crippen molar-refractivity contribution >= 4 is 47.6 Å². The predicted octanol–water partition coefficient (Wildman–Crippen LogP) is -3.60. The van der Waals surface area contributed by atoms with Crippen molar-refractivity contribution in [2.24, 2.45) is 5.92 Å². The van der Waals surface area contributed by atoms with Gasteiger partial charge in [0.1, 0.15) is 49.7 Å². The first-order valence-corrected chi connectivity index (χ1v) is 15.6. The van der Waals surface area contributed by atoms with Gasteiger partial charge in [0.05, 0.1) is 13.2 Å². The molecule has 2 aliphatic heterocycles. The van der Waals surface area contributed by atoms with Crippen molar-refractivity contribution < 1.29 is 70.9 Å². The molecule has 276 valence electrons. The molecule has 8 atom stereocenters. The van der Waals surface area contributed by atoms with E-state index < -0.39 is 117 Å². The van der Waals surface area contributed by atoms with E-state index in [2.05, 4.69) is 26.0 Å². The molecule has 0 spiro atoms. The van der Waals surface area contributed by atoms with Gasteiger partial charge in [-0.3, -0.25) is 38.5 Å². The molecule has 0 radical (unpaired) electrons. The van der Waals surface area contributed by atoms with E-state index in [1.807, 2.05) is 0 Å². The van der Waals surface area contributed by atoms with Crippen LogP contribution in [-0.2, 0) is 54.4 Å². The number of benzene rings is 1. The van der Waals surface area contributed by atoms with Crippen LogP contribution in [0.1, 0.15) is 41.4 Å². The van der Waals surface area contributed by atoms with E-state index in [0.717, 1.165) is 0 Å². The number of aliphatic hydroxyl groups is 4. The van der Waals surface area contributed by atoms with E-state index in [1.54, 1.807) is 13.8 Å². The van der Waals surface area contributed by atoms with Gasteiger partial charge < -0.3 is 55.9 Å². The molecule has 2 fully saturated rings. The molecule has 0 bridgehead atoms. The number of imide groups is 1. The van der Waals surface area contributed by atoms with Crippen LogP contribution in [0.25, 0.3) is 0 Å². The van der Waals surface area contributed by atoms with Gasteiger partial charge in [-0.05, 0) is 23.6 Å². The Kier molecular flexibility index (Phi) is 14.0. The number of nitrogens with zero attached hydrogens (tertiary/aromatic N) is 1. The van der Waals surface area contributed by atoms with Gasteiger partial charge in [-0.1, -0.05) is 26.0 Å². The van der Waals surface area contributed by atoms with E-state index in [0.29, 0.717) is 10.5 Å². The van der Waals surface area contributed by atoms with E-state index in [4.69, 9.17) is 12.2 Å². The smallest absolute Gasteiger partial charge is 0.293 e. The van der Waals surface area contributed by atoms with E-state index in [1.165, 1.54) is 24.3 Å². The zero-order valence-electron chi connectivity index (χ0n) is 29.3. The molecule has 0 aromatic heterocycles. The highest BCUT2D eigenvalue weighted by Gasteiger charge is 2.44. The fourth-order valence-corrected chi connectivity index (χ4v) is 4.85. The summed E-state index contributed by atoms with van der Waals surface area (Å²) in [5.41, 5.74) is 0.732. The van der Waals surface area contributed by atoms with Crippen LogP contribution in [0, 0.1) is 5.92 Å². The van der Waals surface area contributed by atoms with E-state index in [9.17, 15) is 54.0 Å². The lowest BCUT2D eigenvalue weighted by Crippen LogP contribution is -2.60. The lowest BCUT2D eigenvalue weighted by Gasteiger charge is -2.40. The largest absolute Gasteiger partial charge is 0.463 e. The molecule has 2 saturated heterocycles. The third kappa shape index (κ3) is 11.3. The van der Waals surface area contributed by atoms with Crippen molar-refractivity contribution in [1.82, 2.24) is 20.9 Å². The summed E-state index contributed by atoms with van der Waals surface area (Å²) in [6, 6.07) is 3.15. The Morgan fingerprint density at radius 1 is 1.06 bits per heavy atom. The molecular weight excluding hydrogens is 666 g/mol. The molecule has 1 aromatic rings. The third-order valence-corrected chi connectivity index (χ3v) is 7.69. The number of carbonyl (C=O) groups is 7. The molecule has 3 rings (SSSR count). The number of aliphatic hydroxyl groups excluding tert-OH is 4. The minimum atomic E-state index is -1.81. The van der Waals surface area contributed by atoms with Crippen molar-refractivity contribution in [1.29, 1.82) is 0 Å². The van der Waals surface area contributed by atoms with Gasteiger partial charge in [0.25, 0.3) is 6.45 Å². The van der Waals surface area contributed by atoms with E-state index in [-0.39, 0.29) is 31.7 Å². The van der Waals surface area contributed by atoms with Gasteiger partial charge >= 0.3 is 0 Å². The summed E-state index contributed by atoms with van der Waals surface area (Å²) < 4.78 is 29.8. The van der Waals surface area contributed by atoms with Gasteiger partial charge in [0.15, 0.2) is 7.66 Å². The number of carbonyl (C=O) groups excluding carboxylic acids is 7. The van der Waals surface area contributed by atoms with Crippen molar-refractivity contribution in [2.75, 3.05) is 31.6 Å². The number of anilines is 1. The Bertz CT molecular complexity index is 1470. The number of ether oxygens (including phenoxy) is 3. The molecule has 1 aromatic carbocycles. The Morgan fingerprint density at radius 2 is 1.76 bits per heavy atom. The first-order chi connectivity index (χ1) is 24.5. The fourth-order valence-electron chi connectivity index (χ4n) is 4.85. The summed E-state index contributed by atoms with van der Waals surface area (Å²) in [5.74, 6) is -5.08. The summed E-state index contributed by atoms with van der Waals surface area (Å²) in [5, 5.41) is 50.0.